The van der Waals surface area contributed by atoms with Gasteiger partial charge in [-0.05, 0) is 37.6 Å². The lowest BCUT2D eigenvalue weighted by atomic mass is 9.83. The van der Waals surface area contributed by atoms with Crippen LogP contribution in [0.4, 0.5) is 11.4 Å². The van der Waals surface area contributed by atoms with Crippen LogP contribution in [0.1, 0.15) is 19.4 Å². The van der Waals surface area contributed by atoms with Crippen LogP contribution in [0, 0.1) is 10.1 Å². The highest BCUT2D eigenvalue weighted by molar-refractivity contribution is 5.99. The van der Waals surface area contributed by atoms with Crippen molar-refractivity contribution in [2.75, 3.05) is 5.32 Å². The first-order chi connectivity index (χ1) is 11.8. The smallest absolute Gasteiger partial charge is 0.323 e. The fourth-order valence-electron chi connectivity index (χ4n) is 2.53. The van der Waals surface area contributed by atoms with Crippen molar-refractivity contribution in [1.29, 1.82) is 0 Å². The molecule has 0 aliphatic rings. The van der Waals surface area contributed by atoms with Crippen LogP contribution in [0.5, 0.6) is 0 Å². The summed E-state index contributed by atoms with van der Waals surface area (Å²) in [4.78, 5) is 39.5. The molecule has 0 spiro atoms. The van der Waals surface area contributed by atoms with Crippen LogP contribution in [0.25, 0.3) is 11.0 Å². The quantitative estimate of drug-likeness (QED) is 0.499. The molecule has 0 saturated heterocycles. The fourth-order valence-corrected chi connectivity index (χ4v) is 2.53. The molecule has 0 fully saturated rings. The highest BCUT2D eigenvalue weighted by Crippen LogP contribution is 2.27. The first-order valence-corrected chi connectivity index (χ1v) is 7.56. The van der Waals surface area contributed by atoms with Crippen molar-refractivity contribution in [3.63, 3.8) is 0 Å². The maximum Gasteiger partial charge on any atom is 0.323 e. The molecule has 3 N–H and O–H groups in total. The Labute approximate surface area is 142 Å². The Balaban J connectivity index is 1.84. The molecule has 0 aliphatic carbocycles. The summed E-state index contributed by atoms with van der Waals surface area (Å²) in [7, 11) is 0. The number of aromatic amines is 2. The second-order valence-corrected chi connectivity index (χ2v) is 6.22. The van der Waals surface area contributed by atoms with Gasteiger partial charge in [0.05, 0.1) is 21.4 Å². The Morgan fingerprint density at radius 3 is 2.36 bits per heavy atom. The maximum absolute atomic E-state index is 12.7. The van der Waals surface area contributed by atoms with E-state index in [0.29, 0.717) is 22.3 Å². The Hall–Kier alpha value is -3.42. The minimum Gasteiger partial charge on any atom is -0.325 e. The number of rotatable bonds is 4. The van der Waals surface area contributed by atoms with Crippen LogP contribution >= 0.6 is 0 Å². The molecular weight excluding hydrogens is 324 g/mol. The summed E-state index contributed by atoms with van der Waals surface area (Å²) < 4.78 is 0. The van der Waals surface area contributed by atoms with Crippen LogP contribution in [0.3, 0.4) is 0 Å². The van der Waals surface area contributed by atoms with E-state index in [2.05, 4.69) is 15.3 Å². The lowest BCUT2D eigenvalue weighted by molar-refractivity contribution is -0.384. The molecular formula is C17H16N4O4. The number of H-pyrrole nitrogens is 2. The molecule has 2 aromatic carbocycles. The van der Waals surface area contributed by atoms with E-state index in [1.54, 1.807) is 44.2 Å². The lowest BCUT2D eigenvalue weighted by Gasteiger charge is -2.24. The van der Waals surface area contributed by atoms with Crippen LogP contribution in [0.2, 0.25) is 0 Å². The summed E-state index contributed by atoms with van der Waals surface area (Å²) in [6.07, 6.45) is 0. The van der Waals surface area contributed by atoms with Crippen molar-refractivity contribution in [3.05, 3.63) is 68.6 Å². The van der Waals surface area contributed by atoms with E-state index in [4.69, 9.17) is 0 Å². The van der Waals surface area contributed by atoms with Crippen LogP contribution in [-0.2, 0) is 10.2 Å². The molecule has 128 valence electrons. The van der Waals surface area contributed by atoms with Gasteiger partial charge in [-0.2, -0.15) is 0 Å². The van der Waals surface area contributed by atoms with E-state index in [0.717, 1.165) is 0 Å². The van der Waals surface area contributed by atoms with Crippen molar-refractivity contribution in [2.24, 2.45) is 0 Å². The monoisotopic (exact) mass is 340 g/mol. The van der Waals surface area contributed by atoms with Gasteiger partial charge in [-0.15, -0.1) is 0 Å². The number of carbonyl (C=O) groups excluding carboxylic acids is 1. The molecule has 8 heteroatoms. The molecule has 8 nitrogen and oxygen atoms in total. The zero-order chi connectivity index (χ0) is 18.2. The Morgan fingerprint density at radius 1 is 1.08 bits per heavy atom. The summed E-state index contributed by atoms with van der Waals surface area (Å²) >= 11 is 0. The number of non-ortho nitro benzene ring substituents is 1. The van der Waals surface area contributed by atoms with Gasteiger partial charge in [0, 0.05) is 17.8 Å². The number of benzene rings is 2. The molecule has 0 aliphatic heterocycles. The largest absolute Gasteiger partial charge is 0.325 e. The number of anilines is 1. The van der Waals surface area contributed by atoms with Gasteiger partial charge in [0.15, 0.2) is 0 Å². The predicted octanol–water partition coefficient (Wildman–Crippen LogP) is 2.68. The van der Waals surface area contributed by atoms with E-state index >= 15 is 0 Å². The SMILES string of the molecule is CC(C)(C(=O)Nc1ccc2[nH]c(=O)[nH]c2c1)c1ccc([N+](=O)[O-])cc1. The molecule has 1 amide bonds. The number of amides is 1. The summed E-state index contributed by atoms with van der Waals surface area (Å²) in [6, 6.07) is 11.0. The van der Waals surface area contributed by atoms with Gasteiger partial charge in [-0.25, -0.2) is 4.79 Å². The zero-order valence-corrected chi connectivity index (χ0v) is 13.6. The Bertz CT molecular complexity index is 1020. The number of nitro benzene ring substituents is 1. The molecule has 3 rings (SSSR count). The molecule has 25 heavy (non-hydrogen) atoms. The van der Waals surface area contributed by atoms with Gasteiger partial charge >= 0.3 is 5.69 Å². The highest BCUT2D eigenvalue weighted by atomic mass is 16.6. The predicted molar refractivity (Wildman–Crippen MR) is 93.7 cm³/mol. The van der Waals surface area contributed by atoms with Crippen LogP contribution in [-0.4, -0.2) is 20.8 Å². The van der Waals surface area contributed by atoms with Crippen molar-refractivity contribution in [3.8, 4) is 0 Å². The molecule has 0 atom stereocenters. The average Bonchev–Trinajstić information content (AvgIpc) is 2.94. The summed E-state index contributed by atoms with van der Waals surface area (Å²) in [5, 5.41) is 13.6. The summed E-state index contributed by atoms with van der Waals surface area (Å²) in [6.45, 7) is 3.47. The Kier molecular flexibility index (Phi) is 3.88. The van der Waals surface area contributed by atoms with E-state index in [1.807, 2.05) is 0 Å². The molecule has 0 saturated carbocycles. The standard InChI is InChI=1S/C17H16N4O4/c1-17(2,10-3-6-12(7-4-10)21(24)25)15(22)18-11-5-8-13-14(9-11)20-16(23)19-13/h3-9H,1-2H3,(H,18,22)(H2,19,20,23). The van der Waals surface area contributed by atoms with Gasteiger partial charge in [0.1, 0.15) is 0 Å². The number of carbonyl (C=O) groups is 1. The zero-order valence-electron chi connectivity index (χ0n) is 13.6. The maximum atomic E-state index is 12.7. The molecule has 0 unspecified atom stereocenters. The van der Waals surface area contributed by atoms with E-state index in [-0.39, 0.29) is 17.3 Å². The third-order valence-corrected chi connectivity index (χ3v) is 4.14. The van der Waals surface area contributed by atoms with Crippen molar-refractivity contribution < 1.29 is 9.72 Å². The number of hydrogen-bond acceptors (Lipinski definition) is 4. The van der Waals surface area contributed by atoms with Gasteiger partial charge in [0.25, 0.3) is 5.69 Å². The Morgan fingerprint density at radius 2 is 1.72 bits per heavy atom. The molecule has 1 heterocycles. The first-order valence-electron chi connectivity index (χ1n) is 7.56. The number of nitrogens with one attached hydrogen (secondary N) is 3. The third-order valence-electron chi connectivity index (χ3n) is 4.14. The number of hydrogen-bond donors (Lipinski definition) is 3. The fraction of sp³-hybridized carbons (Fsp3) is 0.176. The van der Waals surface area contributed by atoms with Crippen molar-refractivity contribution >= 4 is 28.3 Å². The average molecular weight is 340 g/mol. The number of fused-ring (bicyclic) bond motifs is 1. The summed E-state index contributed by atoms with van der Waals surface area (Å²) in [5.41, 5.74) is 1.21. The van der Waals surface area contributed by atoms with Gasteiger partial charge in [-0.1, -0.05) is 12.1 Å². The third kappa shape index (κ3) is 3.14. The first kappa shape index (κ1) is 16.4. The topological polar surface area (TPSA) is 121 Å². The van der Waals surface area contributed by atoms with Gasteiger partial charge < -0.3 is 15.3 Å². The van der Waals surface area contributed by atoms with Gasteiger partial charge in [0.2, 0.25) is 5.91 Å². The minimum atomic E-state index is -0.893. The van der Waals surface area contributed by atoms with E-state index < -0.39 is 10.3 Å². The van der Waals surface area contributed by atoms with E-state index in [1.165, 1.54) is 12.1 Å². The molecule has 1 aromatic heterocycles. The molecule has 0 bridgehead atoms. The van der Waals surface area contributed by atoms with Crippen molar-refractivity contribution in [1.82, 2.24) is 9.97 Å². The number of nitrogens with zero attached hydrogens (tertiary/aromatic N) is 1. The second kappa shape index (κ2) is 5.90. The van der Waals surface area contributed by atoms with Crippen LogP contribution < -0.4 is 11.0 Å². The van der Waals surface area contributed by atoms with E-state index in [9.17, 15) is 19.7 Å². The van der Waals surface area contributed by atoms with Gasteiger partial charge in [-0.3, -0.25) is 14.9 Å². The molecule has 0 radical (unpaired) electrons. The minimum absolute atomic E-state index is 0.0261. The van der Waals surface area contributed by atoms with Crippen LogP contribution in [0.15, 0.2) is 47.3 Å². The number of imidazole rings is 1. The second-order valence-electron chi connectivity index (χ2n) is 6.22. The number of nitro groups is 1. The highest BCUT2D eigenvalue weighted by Gasteiger charge is 2.30. The van der Waals surface area contributed by atoms with Crippen molar-refractivity contribution in [2.45, 2.75) is 19.3 Å². The normalized spacial score (nSPS) is 11.4. The lowest BCUT2D eigenvalue weighted by Crippen LogP contribution is -2.34. The molecule has 3 aromatic rings. The number of aromatic nitrogens is 2. The summed E-state index contributed by atoms with van der Waals surface area (Å²) in [5.74, 6) is -0.265.